The number of nitrogens with one attached hydrogen (secondary N) is 2. The van der Waals surface area contributed by atoms with E-state index in [4.69, 9.17) is 19.5 Å². The maximum atomic E-state index is 15.9. The Kier molecular flexibility index (Phi) is 9.76. The van der Waals surface area contributed by atoms with Crippen molar-refractivity contribution in [1.82, 2.24) is 14.9 Å². The number of fused-ring (bicyclic) bond motifs is 1. The SMILES string of the molecule is C=C[C@@]1(F)CN(C2CCCC2)c2nc(Nc3ccc(NC4CCN(CCOP(=O)(O)O)CC4)cc3OC)ncc2N(C)C1=O. The number of nitrogens with zero attached hydrogens (tertiary/aromatic N) is 5. The van der Waals surface area contributed by atoms with Crippen LogP contribution in [0.1, 0.15) is 38.5 Å². The van der Waals surface area contributed by atoms with Crippen LogP contribution in [0.4, 0.5) is 33.2 Å². The minimum atomic E-state index is -4.45. The Labute approximate surface area is 256 Å². The van der Waals surface area contributed by atoms with Gasteiger partial charge >= 0.3 is 7.82 Å². The van der Waals surface area contributed by atoms with Crippen LogP contribution in [-0.2, 0) is 13.9 Å². The van der Waals surface area contributed by atoms with E-state index in [-0.39, 0.29) is 25.2 Å². The van der Waals surface area contributed by atoms with Gasteiger partial charge in [-0.05, 0) is 43.9 Å². The highest BCUT2D eigenvalue weighted by Gasteiger charge is 2.46. The average molecular weight is 634 g/mol. The summed E-state index contributed by atoms with van der Waals surface area (Å²) in [6, 6.07) is 5.99. The van der Waals surface area contributed by atoms with Crippen LogP contribution in [0.15, 0.2) is 37.1 Å². The van der Waals surface area contributed by atoms with E-state index in [2.05, 4.69) is 31.6 Å². The molecule has 2 aliphatic heterocycles. The van der Waals surface area contributed by atoms with Crippen LogP contribution in [0.2, 0.25) is 0 Å². The lowest BCUT2D eigenvalue weighted by molar-refractivity contribution is -0.126. The van der Waals surface area contributed by atoms with E-state index in [1.165, 1.54) is 11.9 Å². The predicted octanol–water partition coefficient (Wildman–Crippen LogP) is 3.83. The maximum absolute atomic E-state index is 15.9. The fourth-order valence-electron chi connectivity index (χ4n) is 6.15. The quantitative estimate of drug-likeness (QED) is 0.210. The molecule has 1 atom stereocenters. The molecule has 1 aliphatic carbocycles. The molecular formula is C29H41FN7O6P. The summed E-state index contributed by atoms with van der Waals surface area (Å²) in [5.41, 5.74) is -0.265. The van der Waals surface area contributed by atoms with Gasteiger partial charge in [-0.15, -0.1) is 0 Å². The fraction of sp³-hybridized carbons (Fsp3) is 0.552. The fourth-order valence-corrected chi connectivity index (χ4v) is 6.47. The molecule has 2 aromatic rings. The molecule has 3 heterocycles. The summed E-state index contributed by atoms with van der Waals surface area (Å²) in [5, 5.41) is 6.79. The first kappa shape index (κ1) is 32.1. The second-order valence-electron chi connectivity index (χ2n) is 11.5. The van der Waals surface area contributed by atoms with Crippen LogP contribution in [0, 0.1) is 0 Å². The highest BCUT2D eigenvalue weighted by Crippen LogP contribution is 2.40. The number of amides is 1. The molecule has 1 amide bonds. The number of carbonyl (C=O) groups is 1. The highest BCUT2D eigenvalue weighted by atomic mass is 31.2. The van der Waals surface area contributed by atoms with E-state index in [0.29, 0.717) is 35.4 Å². The second kappa shape index (κ2) is 13.4. The van der Waals surface area contributed by atoms with E-state index in [9.17, 15) is 9.36 Å². The number of ether oxygens (including phenoxy) is 1. The first-order valence-corrected chi connectivity index (χ1v) is 16.4. The third-order valence-electron chi connectivity index (χ3n) is 8.61. The normalized spacial score (nSPS) is 22.1. The number of hydrogen-bond donors (Lipinski definition) is 4. The largest absolute Gasteiger partial charge is 0.494 e. The van der Waals surface area contributed by atoms with Crippen LogP contribution in [0.25, 0.3) is 0 Å². The standard InChI is InChI=1S/C29H41FN7O6P/c1-4-29(30)19-37(22-7-5-6-8-22)26-24(35(2)27(29)38)18-31-28(34-26)33-23-10-9-21(17-25(23)42-3)32-20-11-13-36(14-12-20)15-16-43-44(39,40)41/h4,9-10,17-18,20,22,32H,1,5-8,11-16,19H2,2-3H3,(H,31,33,34)(H2,39,40,41)/t29-/m1/s1. The van der Waals surface area contributed by atoms with Crippen LogP contribution < -0.4 is 25.2 Å². The smallest absolute Gasteiger partial charge is 0.469 e. The number of aromatic nitrogens is 2. The zero-order valence-electron chi connectivity index (χ0n) is 25.1. The van der Waals surface area contributed by atoms with Crippen molar-refractivity contribution in [3.05, 3.63) is 37.1 Å². The first-order valence-electron chi connectivity index (χ1n) is 14.9. The summed E-state index contributed by atoms with van der Waals surface area (Å²) < 4.78 is 37.0. The lowest BCUT2D eigenvalue weighted by atomic mass is 10.0. The highest BCUT2D eigenvalue weighted by molar-refractivity contribution is 7.46. The first-order chi connectivity index (χ1) is 21.0. The Balaban J connectivity index is 1.28. The van der Waals surface area contributed by atoms with Gasteiger partial charge in [-0.3, -0.25) is 9.32 Å². The molecule has 0 unspecified atom stereocenters. The number of halogens is 1. The minimum Gasteiger partial charge on any atom is -0.494 e. The molecule has 0 spiro atoms. The summed E-state index contributed by atoms with van der Waals surface area (Å²) in [5.74, 6) is 0.688. The molecule has 240 valence electrons. The number of phosphoric ester groups is 1. The lowest BCUT2D eigenvalue weighted by Crippen LogP contribution is -2.49. The number of phosphoric acid groups is 1. The van der Waals surface area contributed by atoms with Gasteiger partial charge in [0.2, 0.25) is 11.6 Å². The van der Waals surface area contributed by atoms with Crippen LogP contribution in [0.5, 0.6) is 5.75 Å². The topological polar surface area (TPSA) is 153 Å². The van der Waals surface area contributed by atoms with Gasteiger partial charge in [0.1, 0.15) is 11.4 Å². The number of rotatable bonds is 11. The Bertz CT molecular complexity index is 1400. The molecule has 2 fully saturated rings. The van der Waals surface area contributed by atoms with Crippen LogP contribution in [0.3, 0.4) is 0 Å². The van der Waals surface area contributed by atoms with Gasteiger partial charge in [0.25, 0.3) is 5.91 Å². The number of hydrogen-bond acceptors (Lipinski definition) is 10. The third kappa shape index (κ3) is 7.32. The molecule has 44 heavy (non-hydrogen) atoms. The summed E-state index contributed by atoms with van der Waals surface area (Å²) in [6.45, 7) is 5.47. The van der Waals surface area contributed by atoms with E-state index < -0.39 is 19.4 Å². The Morgan fingerprint density at radius 2 is 1.95 bits per heavy atom. The van der Waals surface area contributed by atoms with Crippen molar-refractivity contribution < 1.29 is 32.8 Å². The molecule has 1 saturated carbocycles. The summed E-state index contributed by atoms with van der Waals surface area (Å²) >= 11 is 0. The van der Waals surface area contributed by atoms with Crippen LogP contribution in [-0.4, -0.2) is 95.3 Å². The van der Waals surface area contributed by atoms with Crippen molar-refractivity contribution in [3.8, 4) is 5.75 Å². The van der Waals surface area contributed by atoms with Gasteiger partial charge in [-0.1, -0.05) is 19.4 Å². The summed E-state index contributed by atoms with van der Waals surface area (Å²) in [7, 11) is -1.33. The van der Waals surface area contributed by atoms with Crippen molar-refractivity contribution in [1.29, 1.82) is 0 Å². The average Bonchev–Trinajstić information content (AvgIpc) is 3.52. The monoisotopic (exact) mass is 633 g/mol. The molecule has 1 aromatic heterocycles. The van der Waals surface area contributed by atoms with Gasteiger partial charge < -0.3 is 39.9 Å². The van der Waals surface area contributed by atoms with Crippen molar-refractivity contribution in [3.63, 3.8) is 0 Å². The molecule has 15 heteroatoms. The third-order valence-corrected chi connectivity index (χ3v) is 9.13. The molecule has 0 bridgehead atoms. The zero-order chi connectivity index (χ0) is 31.5. The number of carbonyl (C=O) groups excluding carboxylic acids is 1. The number of piperidine rings is 1. The van der Waals surface area contributed by atoms with E-state index >= 15 is 4.39 Å². The minimum absolute atomic E-state index is 0.0130. The molecule has 4 N–H and O–H groups in total. The molecule has 0 radical (unpaired) electrons. The summed E-state index contributed by atoms with van der Waals surface area (Å²) in [4.78, 5) is 45.3. The molecule has 1 aromatic carbocycles. The Morgan fingerprint density at radius 3 is 2.61 bits per heavy atom. The van der Waals surface area contributed by atoms with Gasteiger partial charge in [0.05, 0.1) is 32.1 Å². The Hall–Kier alpha value is -3.29. The maximum Gasteiger partial charge on any atom is 0.469 e. The molecule has 1 saturated heterocycles. The van der Waals surface area contributed by atoms with E-state index in [0.717, 1.165) is 63.4 Å². The summed E-state index contributed by atoms with van der Waals surface area (Å²) in [6.07, 6.45) is 8.22. The second-order valence-corrected chi connectivity index (χ2v) is 12.8. The predicted molar refractivity (Wildman–Crippen MR) is 166 cm³/mol. The number of benzene rings is 1. The van der Waals surface area contributed by atoms with Crippen molar-refractivity contribution in [2.24, 2.45) is 0 Å². The van der Waals surface area contributed by atoms with Crippen LogP contribution >= 0.6 is 7.82 Å². The van der Waals surface area contributed by atoms with Crippen molar-refractivity contribution in [2.45, 2.75) is 56.3 Å². The Morgan fingerprint density at radius 1 is 1.23 bits per heavy atom. The van der Waals surface area contributed by atoms with Crippen molar-refractivity contribution in [2.75, 3.05) is 67.4 Å². The molecule has 13 nitrogen and oxygen atoms in total. The number of anilines is 5. The van der Waals surface area contributed by atoms with Gasteiger partial charge in [0.15, 0.2) is 5.82 Å². The van der Waals surface area contributed by atoms with Gasteiger partial charge in [-0.2, -0.15) is 4.98 Å². The number of alkyl halides is 1. The van der Waals surface area contributed by atoms with Gasteiger partial charge in [-0.25, -0.2) is 13.9 Å². The van der Waals surface area contributed by atoms with E-state index in [1.54, 1.807) is 13.3 Å². The lowest BCUT2D eigenvalue weighted by Gasteiger charge is -2.33. The van der Waals surface area contributed by atoms with Crippen molar-refractivity contribution >= 4 is 42.6 Å². The number of methoxy groups -OCH3 is 1. The molecule has 5 rings (SSSR count). The number of likely N-dealkylation sites (tertiary alicyclic amines) is 1. The van der Waals surface area contributed by atoms with Gasteiger partial charge in [0, 0.05) is 50.5 Å². The zero-order valence-corrected chi connectivity index (χ0v) is 26.0. The molecular weight excluding hydrogens is 592 g/mol. The molecule has 3 aliphatic rings. The van der Waals surface area contributed by atoms with E-state index in [1.807, 2.05) is 23.1 Å².